The number of carbonyl (C=O) groups is 1. The van der Waals surface area contributed by atoms with E-state index < -0.39 is 10.0 Å². The molecule has 6 nitrogen and oxygen atoms in total. The van der Waals surface area contributed by atoms with Crippen LogP contribution in [0.25, 0.3) is 0 Å². The molecule has 7 heteroatoms. The van der Waals surface area contributed by atoms with Crippen LogP contribution in [0.3, 0.4) is 0 Å². The van der Waals surface area contributed by atoms with Gasteiger partial charge in [-0.1, -0.05) is 23.8 Å². The average molecular weight is 423 g/mol. The quantitative estimate of drug-likeness (QED) is 0.653. The molecule has 0 radical (unpaired) electrons. The average Bonchev–Trinajstić information content (AvgIpc) is 3.10. The summed E-state index contributed by atoms with van der Waals surface area (Å²) in [5.41, 5.74) is 2.69. The fourth-order valence-corrected chi connectivity index (χ4v) is 4.84. The fraction of sp³-hybridized carbons (Fsp3) is 0.174. The maximum atomic E-state index is 12.6. The fourth-order valence-electron chi connectivity index (χ4n) is 3.28. The third kappa shape index (κ3) is 4.46. The largest absolute Gasteiger partial charge is 0.457 e. The third-order valence-electron chi connectivity index (χ3n) is 4.86. The zero-order chi connectivity index (χ0) is 21.1. The molecule has 4 rings (SSSR count). The van der Waals surface area contributed by atoms with Crippen LogP contribution in [0.4, 0.5) is 11.4 Å². The van der Waals surface area contributed by atoms with Gasteiger partial charge in [-0.3, -0.25) is 9.10 Å². The van der Waals surface area contributed by atoms with Crippen molar-refractivity contribution in [2.75, 3.05) is 21.9 Å². The number of nitrogens with zero attached hydrogens (tertiary/aromatic N) is 1. The predicted molar refractivity (Wildman–Crippen MR) is 118 cm³/mol. The number of amides is 1. The van der Waals surface area contributed by atoms with E-state index in [4.69, 9.17) is 4.74 Å². The number of sulfonamides is 1. The summed E-state index contributed by atoms with van der Waals surface area (Å²) in [6.45, 7) is 2.46. The van der Waals surface area contributed by atoms with Crippen LogP contribution < -0.4 is 14.4 Å². The SMILES string of the molecule is Cc1ccc(Oc2ccc(NC(=O)c3cccc(N4CCCS4(=O)=O)c3)cc2)cc1. The Hall–Kier alpha value is -3.32. The minimum Gasteiger partial charge on any atom is -0.457 e. The molecule has 0 bridgehead atoms. The topological polar surface area (TPSA) is 75.7 Å². The van der Waals surface area contributed by atoms with Crippen molar-refractivity contribution in [1.82, 2.24) is 0 Å². The van der Waals surface area contributed by atoms with Gasteiger partial charge in [-0.15, -0.1) is 0 Å². The summed E-state index contributed by atoms with van der Waals surface area (Å²) in [6, 6.07) is 21.5. The molecule has 0 unspecified atom stereocenters. The first kappa shape index (κ1) is 20.0. The molecule has 1 amide bonds. The van der Waals surface area contributed by atoms with E-state index in [2.05, 4.69) is 5.32 Å². The van der Waals surface area contributed by atoms with E-state index in [1.54, 1.807) is 48.5 Å². The van der Waals surface area contributed by atoms with Gasteiger partial charge in [0.05, 0.1) is 11.4 Å². The molecule has 0 saturated carbocycles. The van der Waals surface area contributed by atoms with Gasteiger partial charge < -0.3 is 10.1 Å². The second-order valence-corrected chi connectivity index (χ2v) is 9.20. The van der Waals surface area contributed by atoms with Crippen LogP contribution in [-0.2, 0) is 10.0 Å². The monoisotopic (exact) mass is 422 g/mol. The van der Waals surface area contributed by atoms with Gasteiger partial charge in [-0.25, -0.2) is 8.42 Å². The molecule has 0 aliphatic carbocycles. The second-order valence-electron chi connectivity index (χ2n) is 7.19. The normalized spacial score (nSPS) is 15.0. The van der Waals surface area contributed by atoms with Crippen LogP contribution in [0.1, 0.15) is 22.3 Å². The van der Waals surface area contributed by atoms with Crippen molar-refractivity contribution < 1.29 is 17.9 Å². The molecular formula is C23H22N2O4S. The standard InChI is InChI=1S/C23H22N2O4S/c1-17-6-10-21(11-7-17)29-22-12-8-19(9-13-22)24-23(26)18-4-2-5-20(16-18)25-14-3-15-30(25,27)28/h2,4-13,16H,3,14-15H2,1H3,(H,24,26). The summed E-state index contributed by atoms with van der Waals surface area (Å²) in [4.78, 5) is 12.6. The molecule has 1 heterocycles. The number of aryl methyl sites for hydroxylation is 1. The lowest BCUT2D eigenvalue weighted by atomic mass is 10.1. The number of benzene rings is 3. The molecule has 3 aromatic carbocycles. The van der Waals surface area contributed by atoms with Crippen LogP contribution in [0.15, 0.2) is 72.8 Å². The Morgan fingerprint density at radius 2 is 1.63 bits per heavy atom. The van der Waals surface area contributed by atoms with E-state index in [0.29, 0.717) is 35.7 Å². The van der Waals surface area contributed by atoms with E-state index in [-0.39, 0.29) is 11.7 Å². The first-order chi connectivity index (χ1) is 14.4. The van der Waals surface area contributed by atoms with Gasteiger partial charge in [-0.2, -0.15) is 0 Å². The number of hydrogen-bond donors (Lipinski definition) is 1. The summed E-state index contributed by atoms with van der Waals surface area (Å²) in [5, 5.41) is 2.83. The predicted octanol–water partition coefficient (Wildman–Crippen LogP) is 4.58. The summed E-state index contributed by atoms with van der Waals surface area (Å²) in [5.74, 6) is 1.24. The van der Waals surface area contributed by atoms with Crippen molar-refractivity contribution in [2.24, 2.45) is 0 Å². The molecule has 154 valence electrons. The van der Waals surface area contributed by atoms with Crippen LogP contribution >= 0.6 is 0 Å². The van der Waals surface area contributed by atoms with Crippen molar-refractivity contribution >= 4 is 27.3 Å². The van der Waals surface area contributed by atoms with Crippen molar-refractivity contribution in [3.63, 3.8) is 0 Å². The molecule has 1 saturated heterocycles. The Kier molecular flexibility index (Phi) is 5.46. The van der Waals surface area contributed by atoms with Gasteiger partial charge in [0.15, 0.2) is 0 Å². The van der Waals surface area contributed by atoms with Crippen molar-refractivity contribution in [3.8, 4) is 11.5 Å². The molecular weight excluding hydrogens is 400 g/mol. The smallest absolute Gasteiger partial charge is 0.255 e. The van der Waals surface area contributed by atoms with Crippen LogP contribution in [0.5, 0.6) is 11.5 Å². The Morgan fingerprint density at radius 1 is 0.967 bits per heavy atom. The van der Waals surface area contributed by atoms with Gasteiger partial charge in [0.1, 0.15) is 11.5 Å². The lowest BCUT2D eigenvalue weighted by Crippen LogP contribution is -2.25. The van der Waals surface area contributed by atoms with Crippen molar-refractivity contribution in [1.29, 1.82) is 0 Å². The summed E-state index contributed by atoms with van der Waals surface area (Å²) < 4.78 is 31.4. The number of carbonyl (C=O) groups excluding carboxylic acids is 1. The number of rotatable bonds is 5. The van der Waals surface area contributed by atoms with E-state index >= 15 is 0 Å². The van der Waals surface area contributed by atoms with E-state index in [9.17, 15) is 13.2 Å². The summed E-state index contributed by atoms with van der Waals surface area (Å²) in [6.07, 6.45) is 0.593. The second kappa shape index (κ2) is 8.20. The lowest BCUT2D eigenvalue weighted by molar-refractivity contribution is 0.102. The van der Waals surface area contributed by atoms with Gasteiger partial charge in [0, 0.05) is 17.8 Å². The number of anilines is 2. The minimum atomic E-state index is -3.29. The summed E-state index contributed by atoms with van der Waals surface area (Å²) >= 11 is 0. The molecule has 1 N–H and O–H groups in total. The molecule has 30 heavy (non-hydrogen) atoms. The zero-order valence-corrected chi connectivity index (χ0v) is 17.4. The van der Waals surface area contributed by atoms with Crippen LogP contribution in [-0.4, -0.2) is 26.6 Å². The van der Waals surface area contributed by atoms with E-state index in [0.717, 1.165) is 11.3 Å². The van der Waals surface area contributed by atoms with Gasteiger partial charge >= 0.3 is 0 Å². The van der Waals surface area contributed by atoms with Crippen molar-refractivity contribution in [2.45, 2.75) is 13.3 Å². The molecule has 3 aromatic rings. The van der Waals surface area contributed by atoms with E-state index in [1.165, 1.54) is 4.31 Å². The summed E-state index contributed by atoms with van der Waals surface area (Å²) in [7, 11) is -3.29. The highest BCUT2D eigenvalue weighted by molar-refractivity contribution is 7.93. The number of hydrogen-bond acceptors (Lipinski definition) is 4. The van der Waals surface area contributed by atoms with Crippen LogP contribution in [0, 0.1) is 6.92 Å². The Bertz CT molecular complexity index is 1160. The maximum Gasteiger partial charge on any atom is 0.255 e. The van der Waals surface area contributed by atoms with Crippen molar-refractivity contribution in [3.05, 3.63) is 83.9 Å². The maximum absolute atomic E-state index is 12.6. The van der Waals surface area contributed by atoms with Crippen LogP contribution in [0.2, 0.25) is 0 Å². The molecule has 0 aromatic heterocycles. The first-order valence-electron chi connectivity index (χ1n) is 9.67. The molecule has 1 aliphatic heterocycles. The molecule has 0 atom stereocenters. The Labute approximate surface area is 176 Å². The lowest BCUT2D eigenvalue weighted by Gasteiger charge is -2.17. The molecule has 1 fully saturated rings. The zero-order valence-electron chi connectivity index (χ0n) is 16.5. The van der Waals surface area contributed by atoms with E-state index in [1.807, 2.05) is 31.2 Å². The van der Waals surface area contributed by atoms with Gasteiger partial charge in [-0.05, 0) is 67.9 Å². The highest BCUT2D eigenvalue weighted by Gasteiger charge is 2.28. The highest BCUT2D eigenvalue weighted by atomic mass is 32.2. The Morgan fingerprint density at radius 3 is 2.27 bits per heavy atom. The van der Waals surface area contributed by atoms with Gasteiger partial charge in [0.25, 0.3) is 5.91 Å². The van der Waals surface area contributed by atoms with Gasteiger partial charge in [0.2, 0.25) is 10.0 Å². The number of ether oxygens (including phenoxy) is 1. The number of nitrogens with one attached hydrogen (secondary N) is 1. The highest BCUT2D eigenvalue weighted by Crippen LogP contribution is 2.26. The third-order valence-corrected chi connectivity index (χ3v) is 6.73. The first-order valence-corrected chi connectivity index (χ1v) is 11.3. The minimum absolute atomic E-state index is 0.139. The molecule has 1 aliphatic rings. The molecule has 0 spiro atoms. The Balaban J connectivity index is 1.44.